The Kier molecular flexibility index (Phi) is 8.58. The van der Waals surface area contributed by atoms with E-state index in [9.17, 15) is 9.59 Å². The molecule has 6 heteroatoms. The Balaban J connectivity index is 1.63. The normalized spacial score (nSPS) is 15.1. The van der Waals surface area contributed by atoms with Crippen LogP contribution in [0.2, 0.25) is 0 Å². The lowest BCUT2D eigenvalue weighted by atomic mass is 10.1. The maximum atomic E-state index is 12.4. The fourth-order valence-electron chi connectivity index (χ4n) is 3.02. The third kappa shape index (κ3) is 7.14. The van der Waals surface area contributed by atoms with Crippen LogP contribution in [0.1, 0.15) is 24.0 Å². The van der Waals surface area contributed by atoms with Crippen molar-refractivity contribution in [3.05, 3.63) is 35.4 Å². The second-order valence-electron chi connectivity index (χ2n) is 6.84. The zero-order valence-electron chi connectivity index (χ0n) is 16.0. The van der Waals surface area contributed by atoms with Gasteiger partial charge in [-0.25, -0.2) is 0 Å². The molecule has 0 saturated carbocycles. The standard InChI is InChI=1S/C20H31N3O3/c1-17-4-6-18(7-5-17)8-9-20(25)23-13-11-22(12-14-23)16-19(24)21-10-3-15-26-2/h4-7H,3,8-16H2,1-2H3,(H,21,24). The molecule has 1 saturated heterocycles. The molecule has 0 bridgehead atoms. The average molecular weight is 361 g/mol. The Hall–Kier alpha value is -1.92. The first-order valence-corrected chi connectivity index (χ1v) is 9.40. The molecule has 0 aromatic heterocycles. The largest absolute Gasteiger partial charge is 0.385 e. The number of piperazine rings is 1. The van der Waals surface area contributed by atoms with Gasteiger partial charge in [-0.1, -0.05) is 29.8 Å². The summed E-state index contributed by atoms with van der Waals surface area (Å²) >= 11 is 0. The van der Waals surface area contributed by atoms with Crippen LogP contribution in [-0.4, -0.2) is 74.6 Å². The van der Waals surface area contributed by atoms with Crippen LogP contribution < -0.4 is 5.32 Å². The lowest BCUT2D eigenvalue weighted by Crippen LogP contribution is -2.51. The van der Waals surface area contributed by atoms with Crippen molar-refractivity contribution >= 4 is 11.8 Å². The number of aryl methyl sites for hydroxylation is 2. The van der Waals surface area contributed by atoms with Crippen LogP contribution in [0.5, 0.6) is 0 Å². The van der Waals surface area contributed by atoms with Gasteiger partial charge in [0.1, 0.15) is 0 Å². The molecule has 26 heavy (non-hydrogen) atoms. The second kappa shape index (κ2) is 10.9. The van der Waals surface area contributed by atoms with Gasteiger partial charge < -0.3 is 15.0 Å². The highest BCUT2D eigenvalue weighted by Crippen LogP contribution is 2.09. The van der Waals surface area contributed by atoms with Crippen molar-refractivity contribution in [2.75, 3.05) is 53.0 Å². The SMILES string of the molecule is COCCCNC(=O)CN1CCN(C(=O)CCc2ccc(C)cc2)CC1. The van der Waals surface area contributed by atoms with Gasteiger partial charge in [0.05, 0.1) is 6.54 Å². The number of carbonyl (C=O) groups excluding carboxylic acids is 2. The summed E-state index contributed by atoms with van der Waals surface area (Å²) in [6.07, 6.45) is 2.15. The van der Waals surface area contributed by atoms with Crippen molar-refractivity contribution in [3.63, 3.8) is 0 Å². The molecule has 0 spiro atoms. The zero-order valence-corrected chi connectivity index (χ0v) is 16.0. The summed E-state index contributed by atoms with van der Waals surface area (Å²) in [5.74, 6) is 0.245. The fraction of sp³-hybridized carbons (Fsp3) is 0.600. The number of carbonyl (C=O) groups is 2. The molecule has 1 aromatic carbocycles. The minimum absolute atomic E-state index is 0.0419. The van der Waals surface area contributed by atoms with Crippen molar-refractivity contribution < 1.29 is 14.3 Å². The highest BCUT2D eigenvalue weighted by Gasteiger charge is 2.22. The van der Waals surface area contributed by atoms with Crippen LogP contribution in [0.3, 0.4) is 0 Å². The Morgan fingerprint density at radius 2 is 1.81 bits per heavy atom. The number of hydrogen-bond donors (Lipinski definition) is 1. The molecule has 2 rings (SSSR count). The van der Waals surface area contributed by atoms with Crippen LogP contribution in [0, 0.1) is 6.92 Å². The molecule has 0 radical (unpaired) electrons. The van der Waals surface area contributed by atoms with E-state index in [-0.39, 0.29) is 11.8 Å². The average Bonchev–Trinajstić information content (AvgIpc) is 2.65. The van der Waals surface area contributed by atoms with Crippen molar-refractivity contribution in [1.82, 2.24) is 15.1 Å². The first-order chi connectivity index (χ1) is 12.6. The van der Waals surface area contributed by atoms with Gasteiger partial charge in [0.15, 0.2) is 0 Å². The second-order valence-corrected chi connectivity index (χ2v) is 6.84. The van der Waals surface area contributed by atoms with E-state index in [0.29, 0.717) is 39.2 Å². The molecule has 6 nitrogen and oxygen atoms in total. The molecule has 1 fully saturated rings. The number of ether oxygens (including phenoxy) is 1. The number of methoxy groups -OCH3 is 1. The Morgan fingerprint density at radius 3 is 2.46 bits per heavy atom. The van der Waals surface area contributed by atoms with Gasteiger partial charge in [-0.3, -0.25) is 14.5 Å². The van der Waals surface area contributed by atoms with Crippen molar-refractivity contribution in [1.29, 1.82) is 0 Å². The van der Waals surface area contributed by atoms with E-state index in [1.807, 2.05) is 4.90 Å². The van der Waals surface area contributed by atoms with E-state index in [4.69, 9.17) is 4.74 Å². The number of nitrogens with one attached hydrogen (secondary N) is 1. The summed E-state index contributed by atoms with van der Waals surface area (Å²) < 4.78 is 4.96. The van der Waals surface area contributed by atoms with E-state index in [1.165, 1.54) is 11.1 Å². The lowest BCUT2D eigenvalue weighted by Gasteiger charge is -2.34. The van der Waals surface area contributed by atoms with Gasteiger partial charge in [-0.15, -0.1) is 0 Å². The van der Waals surface area contributed by atoms with E-state index < -0.39 is 0 Å². The molecule has 1 heterocycles. The number of rotatable bonds is 9. The fourth-order valence-corrected chi connectivity index (χ4v) is 3.02. The molecule has 0 atom stereocenters. The summed E-state index contributed by atoms with van der Waals surface area (Å²) in [6.45, 7) is 6.66. The summed E-state index contributed by atoms with van der Waals surface area (Å²) in [6, 6.07) is 8.34. The first kappa shape index (κ1) is 20.4. The van der Waals surface area contributed by atoms with Crippen LogP contribution >= 0.6 is 0 Å². The molecule has 1 aliphatic rings. The number of nitrogens with zero attached hydrogens (tertiary/aromatic N) is 2. The minimum atomic E-state index is 0.0419. The molecule has 1 aliphatic heterocycles. The smallest absolute Gasteiger partial charge is 0.234 e. The monoisotopic (exact) mass is 361 g/mol. The third-order valence-electron chi connectivity index (χ3n) is 4.69. The molecule has 1 N–H and O–H groups in total. The predicted molar refractivity (Wildman–Crippen MR) is 102 cm³/mol. The van der Waals surface area contributed by atoms with Gasteiger partial charge in [-0.2, -0.15) is 0 Å². The van der Waals surface area contributed by atoms with E-state index >= 15 is 0 Å². The molecular weight excluding hydrogens is 330 g/mol. The van der Waals surface area contributed by atoms with Gasteiger partial charge in [0.2, 0.25) is 11.8 Å². The Labute approximate surface area is 156 Å². The van der Waals surface area contributed by atoms with Crippen molar-refractivity contribution in [3.8, 4) is 0 Å². The lowest BCUT2D eigenvalue weighted by molar-refractivity contribution is -0.133. The zero-order chi connectivity index (χ0) is 18.8. The topological polar surface area (TPSA) is 61.9 Å². The first-order valence-electron chi connectivity index (χ1n) is 9.40. The molecule has 0 unspecified atom stereocenters. The maximum Gasteiger partial charge on any atom is 0.234 e. The third-order valence-corrected chi connectivity index (χ3v) is 4.69. The molecule has 0 aliphatic carbocycles. The quantitative estimate of drug-likeness (QED) is 0.672. The van der Waals surface area contributed by atoms with Crippen molar-refractivity contribution in [2.24, 2.45) is 0 Å². The maximum absolute atomic E-state index is 12.4. The molecular formula is C20H31N3O3. The Morgan fingerprint density at radius 1 is 1.12 bits per heavy atom. The molecule has 1 aromatic rings. The van der Waals surface area contributed by atoms with Gasteiger partial charge in [0, 0.05) is 52.9 Å². The van der Waals surface area contributed by atoms with E-state index in [1.54, 1.807) is 7.11 Å². The molecule has 144 valence electrons. The summed E-state index contributed by atoms with van der Waals surface area (Å²) in [4.78, 5) is 28.3. The number of hydrogen-bond acceptors (Lipinski definition) is 4. The highest BCUT2D eigenvalue weighted by atomic mass is 16.5. The summed E-state index contributed by atoms with van der Waals surface area (Å²) in [5, 5.41) is 2.90. The van der Waals surface area contributed by atoms with Gasteiger partial charge in [0.25, 0.3) is 0 Å². The summed E-state index contributed by atoms with van der Waals surface area (Å²) in [5.41, 5.74) is 2.44. The minimum Gasteiger partial charge on any atom is -0.385 e. The van der Waals surface area contributed by atoms with Gasteiger partial charge >= 0.3 is 0 Å². The van der Waals surface area contributed by atoms with E-state index in [2.05, 4.69) is 41.4 Å². The van der Waals surface area contributed by atoms with Gasteiger partial charge in [-0.05, 0) is 25.3 Å². The number of benzene rings is 1. The van der Waals surface area contributed by atoms with Crippen molar-refractivity contribution in [2.45, 2.75) is 26.2 Å². The van der Waals surface area contributed by atoms with Crippen LogP contribution in [0.4, 0.5) is 0 Å². The van der Waals surface area contributed by atoms with Crippen LogP contribution in [0.15, 0.2) is 24.3 Å². The van der Waals surface area contributed by atoms with Crippen LogP contribution in [0.25, 0.3) is 0 Å². The van der Waals surface area contributed by atoms with Crippen LogP contribution in [-0.2, 0) is 20.7 Å². The molecule has 2 amide bonds. The predicted octanol–water partition coefficient (Wildman–Crippen LogP) is 1.22. The van der Waals surface area contributed by atoms with E-state index in [0.717, 1.165) is 25.9 Å². The summed E-state index contributed by atoms with van der Waals surface area (Å²) in [7, 11) is 1.66. The Bertz CT molecular complexity index is 566. The number of amides is 2. The highest BCUT2D eigenvalue weighted by molar-refractivity contribution is 5.78.